The quantitative estimate of drug-likeness (QED) is 0.319. The Morgan fingerprint density at radius 3 is 2.72 bits per heavy atom. The molecule has 1 aromatic heterocycles. The molecule has 0 aliphatic carbocycles. The monoisotopic (exact) mass is 440 g/mol. The zero-order chi connectivity index (χ0) is 20.4. The molecule has 2 N–H and O–H groups in total. The van der Waals surface area contributed by atoms with Gasteiger partial charge in [-0.1, -0.05) is 65.3 Å². The van der Waals surface area contributed by atoms with E-state index in [0.29, 0.717) is 22.8 Å². The minimum atomic E-state index is 0.0132. The number of aromatic hydroxyl groups is 1. The lowest BCUT2D eigenvalue weighted by molar-refractivity contribution is 0.477. The summed E-state index contributed by atoms with van der Waals surface area (Å²) in [6.45, 7) is 2.30. The van der Waals surface area contributed by atoms with Crippen molar-refractivity contribution in [2.24, 2.45) is 0 Å². The fourth-order valence-electron chi connectivity index (χ4n) is 3.02. The predicted octanol–water partition coefficient (Wildman–Crippen LogP) is 7.32. The molecule has 0 bridgehead atoms. The van der Waals surface area contributed by atoms with E-state index in [-0.39, 0.29) is 10.8 Å². The predicted molar refractivity (Wildman–Crippen MR) is 122 cm³/mol. The number of fused-ring (bicyclic) bond motifs is 1. The Labute approximate surface area is 183 Å². The van der Waals surface area contributed by atoms with Crippen LogP contribution in [0.25, 0.3) is 10.9 Å². The summed E-state index contributed by atoms with van der Waals surface area (Å²) in [5.74, 6) is 0.0132. The van der Waals surface area contributed by atoms with Crippen LogP contribution in [0.4, 0.5) is 5.69 Å². The second-order valence-corrected chi connectivity index (χ2v) is 8.52. The lowest BCUT2D eigenvalue weighted by Crippen LogP contribution is -2.02. The van der Waals surface area contributed by atoms with Crippen molar-refractivity contribution < 1.29 is 5.11 Å². The van der Waals surface area contributed by atoms with Crippen LogP contribution in [0.5, 0.6) is 5.75 Å². The SMILES string of the molecule is Cc1c(Cl)cc(NCc2ccccc2Sc2ccc3cccnc3c2)c(O)c1Cl. The summed E-state index contributed by atoms with van der Waals surface area (Å²) < 4.78 is 0. The maximum absolute atomic E-state index is 10.3. The van der Waals surface area contributed by atoms with E-state index in [1.165, 1.54) is 0 Å². The molecule has 4 aromatic rings. The van der Waals surface area contributed by atoms with Crippen LogP contribution in [0.3, 0.4) is 0 Å². The van der Waals surface area contributed by atoms with Crippen LogP contribution >= 0.6 is 35.0 Å². The highest BCUT2D eigenvalue weighted by Crippen LogP contribution is 2.39. The highest BCUT2D eigenvalue weighted by Gasteiger charge is 2.13. The molecular formula is C23H18Cl2N2OS. The minimum Gasteiger partial charge on any atom is -0.504 e. The molecular weight excluding hydrogens is 423 g/mol. The normalized spacial score (nSPS) is 11.0. The van der Waals surface area contributed by atoms with Gasteiger partial charge in [-0.2, -0.15) is 0 Å². The van der Waals surface area contributed by atoms with Crippen molar-refractivity contribution in [2.75, 3.05) is 5.32 Å². The van der Waals surface area contributed by atoms with Gasteiger partial charge in [-0.3, -0.25) is 4.98 Å². The number of aromatic nitrogens is 1. The van der Waals surface area contributed by atoms with E-state index in [9.17, 15) is 5.11 Å². The molecule has 6 heteroatoms. The number of phenols is 1. The zero-order valence-corrected chi connectivity index (χ0v) is 17.9. The van der Waals surface area contributed by atoms with Gasteiger partial charge in [0, 0.05) is 32.9 Å². The Hall–Kier alpha value is -2.40. The zero-order valence-electron chi connectivity index (χ0n) is 15.6. The van der Waals surface area contributed by atoms with Crippen LogP contribution < -0.4 is 5.32 Å². The van der Waals surface area contributed by atoms with Crippen LogP contribution in [0, 0.1) is 6.92 Å². The summed E-state index contributed by atoms with van der Waals surface area (Å²) >= 11 is 14.1. The third-order valence-corrected chi connectivity index (χ3v) is 6.63. The standard InChI is InChI=1S/C23H18Cl2N2OS/c1-14-18(24)12-20(23(28)22(14)25)27-13-16-5-2-3-7-21(16)29-17-9-8-15-6-4-10-26-19(15)11-17/h2-12,27-28H,13H2,1H3. The number of pyridine rings is 1. The van der Waals surface area contributed by atoms with Gasteiger partial charge < -0.3 is 10.4 Å². The largest absolute Gasteiger partial charge is 0.504 e. The molecule has 29 heavy (non-hydrogen) atoms. The van der Waals surface area contributed by atoms with Gasteiger partial charge in [-0.15, -0.1) is 0 Å². The third-order valence-electron chi connectivity index (χ3n) is 4.67. The second kappa shape index (κ2) is 8.54. The molecule has 0 saturated carbocycles. The molecule has 0 spiro atoms. The lowest BCUT2D eigenvalue weighted by Gasteiger charge is -2.14. The first-order valence-corrected chi connectivity index (χ1v) is 10.6. The third kappa shape index (κ3) is 4.30. The molecule has 146 valence electrons. The Balaban J connectivity index is 1.57. The highest BCUT2D eigenvalue weighted by atomic mass is 35.5. The summed E-state index contributed by atoms with van der Waals surface area (Å²) in [6.07, 6.45) is 1.80. The number of halogens is 2. The number of nitrogens with zero attached hydrogens (tertiary/aromatic N) is 1. The summed E-state index contributed by atoms with van der Waals surface area (Å²) in [4.78, 5) is 6.68. The van der Waals surface area contributed by atoms with Crippen molar-refractivity contribution in [2.45, 2.75) is 23.3 Å². The number of nitrogens with one attached hydrogen (secondary N) is 1. The number of anilines is 1. The molecule has 3 aromatic carbocycles. The molecule has 0 radical (unpaired) electrons. The van der Waals surface area contributed by atoms with E-state index in [1.807, 2.05) is 18.2 Å². The van der Waals surface area contributed by atoms with E-state index in [1.54, 1.807) is 30.9 Å². The molecule has 0 saturated heterocycles. The molecule has 0 aliphatic heterocycles. The smallest absolute Gasteiger partial charge is 0.157 e. The molecule has 0 fully saturated rings. The van der Waals surface area contributed by atoms with E-state index in [0.717, 1.165) is 26.3 Å². The fraction of sp³-hybridized carbons (Fsp3) is 0.0870. The first-order chi connectivity index (χ1) is 14.0. The molecule has 1 heterocycles. The molecule has 0 aliphatic rings. The number of benzene rings is 3. The maximum atomic E-state index is 10.3. The van der Waals surface area contributed by atoms with Crippen molar-refractivity contribution in [1.29, 1.82) is 0 Å². The van der Waals surface area contributed by atoms with Crippen LogP contribution in [-0.2, 0) is 6.54 Å². The highest BCUT2D eigenvalue weighted by molar-refractivity contribution is 7.99. The van der Waals surface area contributed by atoms with E-state index >= 15 is 0 Å². The summed E-state index contributed by atoms with van der Waals surface area (Å²) in [6, 6.07) is 20.1. The van der Waals surface area contributed by atoms with Crippen LogP contribution in [0.1, 0.15) is 11.1 Å². The molecule has 0 amide bonds. The van der Waals surface area contributed by atoms with E-state index in [4.69, 9.17) is 23.2 Å². The molecule has 4 rings (SSSR count). The van der Waals surface area contributed by atoms with Gasteiger partial charge in [0.15, 0.2) is 5.75 Å². The van der Waals surface area contributed by atoms with Gasteiger partial charge in [0.05, 0.1) is 16.2 Å². The van der Waals surface area contributed by atoms with Crippen molar-refractivity contribution >= 4 is 51.6 Å². The summed E-state index contributed by atoms with van der Waals surface area (Å²) in [5.41, 5.74) is 3.25. The first-order valence-electron chi connectivity index (χ1n) is 9.05. The van der Waals surface area contributed by atoms with Gasteiger partial charge in [0.1, 0.15) is 0 Å². The average Bonchev–Trinajstić information content (AvgIpc) is 2.74. The van der Waals surface area contributed by atoms with Crippen molar-refractivity contribution in [1.82, 2.24) is 4.98 Å². The van der Waals surface area contributed by atoms with Gasteiger partial charge in [-0.25, -0.2) is 0 Å². The van der Waals surface area contributed by atoms with Crippen molar-refractivity contribution in [3.8, 4) is 5.75 Å². The number of hydrogen-bond acceptors (Lipinski definition) is 4. The number of phenolic OH excluding ortho intramolecular Hbond substituents is 1. The van der Waals surface area contributed by atoms with Crippen LogP contribution in [0.15, 0.2) is 76.7 Å². The lowest BCUT2D eigenvalue weighted by atomic mass is 10.2. The Kier molecular flexibility index (Phi) is 5.86. The van der Waals surface area contributed by atoms with Crippen molar-refractivity contribution in [3.05, 3.63) is 88.0 Å². The fourth-order valence-corrected chi connectivity index (χ4v) is 4.45. The van der Waals surface area contributed by atoms with Gasteiger partial charge in [0.25, 0.3) is 0 Å². The number of hydrogen-bond donors (Lipinski definition) is 2. The van der Waals surface area contributed by atoms with Gasteiger partial charge in [-0.05, 0) is 48.4 Å². The molecule has 0 atom stereocenters. The van der Waals surface area contributed by atoms with E-state index in [2.05, 4.69) is 46.7 Å². The topological polar surface area (TPSA) is 45.2 Å². The van der Waals surface area contributed by atoms with Crippen LogP contribution in [0.2, 0.25) is 10.0 Å². The van der Waals surface area contributed by atoms with Crippen molar-refractivity contribution in [3.63, 3.8) is 0 Å². The average molecular weight is 441 g/mol. The first kappa shape index (κ1) is 19.9. The Bertz CT molecular complexity index is 1200. The summed E-state index contributed by atoms with van der Waals surface area (Å²) in [7, 11) is 0. The van der Waals surface area contributed by atoms with Gasteiger partial charge in [0.2, 0.25) is 0 Å². The number of rotatable bonds is 5. The van der Waals surface area contributed by atoms with Gasteiger partial charge >= 0.3 is 0 Å². The van der Waals surface area contributed by atoms with E-state index < -0.39 is 0 Å². The van der Waals surface area contributed by atoms with Crippen LogP contribution in [-0.4, -0.2) is 10.1 Å². The molecule has 0 unspecified atom stereocenters. The minimum absolute atomic E-state index is 0.0132. The summed E-state index contributed by atoms with van der Waals surface area (Å²) in [5, 5.41) is 15.5. The second-order valence-electron chi connectivity index (χ2n) is 6.61. The maximum Gasteiger partial charge on any atom is 0.157 e. The Morgan fingerprint density at radius 2 is 1.86 bits per heavy atom. The Morgan fingerprint density at radius 1 is 1.03 bits per heavy atom. The molecule has 3 nitrogen and oxygen atoms in total.